The normalized spacial score (nSPS) is 19.1. The van der Waals surface area contributed by atoms with Gasteiger partial charge in [0.2, 0.25) is 0 Å². The number of phenols is 1. The zero-order valence-electron chi connectivity index (χ0n) is 18.7. The minimum atomic E-state index is -0.348. The second-order valence-electron chi connectivity index (χ2n) is 9.25. The maximum absolute atomic E-state index is 11.0. The molecule has 0 saturated heterocycles. The number of benzene rings is 1. The molecule has 0 bridgehead atoms. The van der Waals surface area contributed by atoms with Crippen molar-refractivity contribution in [3.05, 3.63) is 28.8 Å². The number of rotatable bonds is 8. The fourth-order valence-corrected chi connectivity index (χ4v) is 4.82. The molecule has 0 amide bonds. The molecule has 29 heavy (non-hydrogen) atoms. The number of fused-ring (bicyclic) bond motifs is 2. The number of hydrogen-bond acceptors (Lipinski definition) is 3. The molecule has 2 heterocycles. The van der Waals surface area contributed by atoms with Gasteiger partial charge in [-0.2, -0.15) is 0 Å². The second kappa shape index (κ2) is 9.26. The summed E-state index contributed by atoms with van der Waals surface area (Å²) in [6.45, 7) is 11.2. The van der Waals surface area contributed by atoms with Gasteiger partial charge in [-0.15, -0.1) is 6.42 Å². The van der Waals surface area contributed by atoms with Gasteiger partial charge in [0, 0.05) is 13.1 Å². The molecule has 3 heteroatoms. The van der Waals surface area contributed by atoms with Crippen molar-refractivity contribution >= 4 is 5.57 Å². The summed E-state index contributed by atoms with van der Waals surface area (Å²) in [6.07, 6.45) is 14.1. The lowest BCUT2D eigenvalue weighted by molar-refractivity contribution is 0.131. The van der Waals surface area contributed by atoms with Gasteiger partial charge in [0.25, 0.3) is 0 Å². The molecule has 2 aliphatic heterocycles. The maximum atomic E-state index is 11.0. The van der Waals surface area contributed by atoms with E-state index >= 15 is 0 Å². The van der Waals surface area contributed by atoms with Crippen molar-refractivity contribution in [3.8, 4) is 23.8 Å². The van der Waals surface area contributed by atoms with Gasteiger partial charge >= 0.3 is 0 Å². The molecule has 1 aromatic rings. The highest BCUT2D eigenvalue weighted by Crippen LogP contribution is 2.48. The molecule has 0 spiro atoms. The summed E-state index contributed by atoms with van der Waals surface area (Å²) in [7, 11) is 0. The molecule has 1 N–H and O–H groups in total. The highest BCUT2D eigenvalue weighted by Gasteiger charge is 2.39. The molecule has 0 fully saturated rings. The van der Waals surface area contributed by atoms with Crippen LogP contribution in [-0.4, -0.2) is 35.2 Å². The van der Waals surface area contributed by atoms with Crippen molar-refractivity contribution in [1.29, 1.82) is 0 Å². The van der Waals surface area contributed by atoms with Crippen LogP contribution in [0.15, 0.2) is 17.7 Å². The molecule has 2 aliphatic rings. The van der Waals surface area contributed by atoms with Gasteiger partial charge in [0.05, 0.1) is 12.1 Å². The molecule has 0 saturated carbocycles. The van der Waals surface area contributed by atoms with E-state index in [1.165, 1.54) is 48.8 Å². The molecule has 3 nitrogen and oxygen atoms in total. The summed E-state index contributed by atoms with van der Waals surface area (Å²) in [5.41, 5.74) is 4.20. The fourth-order valence-electron chi connectivity index (χ4n) is 4.82. The van der Waals surface area contributed by atoms with Crippen LogP contribution in [0.4, 0.5) is 0 Å². The van der Waals surface area contributed by atoms with Crippen LogP contribution in [0.3, 0.4) is 0 Å². The van der Waals surface area contributed by atoms with Gasteiger partial charge < -0.3 is 9.84 Å². The zero-order chi connectivity index (χ0) is 21.0. The van der Waals surface area contributed by atoms with Gasteiger partial charge in [0.1, 0.15) is 17.1 Å². The van der Waals surface area contributed by atoms with Gasteiger partial charge in [-0.3, -0.25) is 4.90 Å². The fraction of sp³-hybridized carbons (Fsp3) is 0.615. The van der Waals surface area contributed by atoms with Crippen LogP contribution in [0.25, 0.3) is 5.57 Å². The van der Waals surface area contributed by atoms with Gasteiger partial charge in [0.15, 0.2) is 0 Å². The number of aromatic hydroxyl groups is 1. The van der Waals surface area contributed by atoms with E-state index in [2.05, 4.69) is 44.6 Å². The Bertz CT molecular complexity index is 800. The molecule has 158 valence electrons. The van der Waals surface area contributed by atoms with E-state index < -0.39 is 0 Å². The summed E-state index contributed by atoms with van der Waals surface area (Å²) in [5, 5.41) is 11.0. The lowest BCUT2D eigenvalue weighted by atomic mass is 9.80. The summed E-state index contributed by atoms with van der Waals surface area (Å²) in [6, 6.07) is 4.12. The summed E-state index contributed by atoms with van der Waals surface area (Å²) >= 11 is 0. The van der Waals surface area contributed by atoms with Crippen molar-refractivity contribution in [2.45, 2.75) is 84.2 Å². The summed E-state index contributed by atoms with van der Waals surface area (Å²) in [4.78, 5) is 2.27. The van der Waals surface area contributed by atoms with Crippen LogP contribution in [0, 0.1) is 12.3 Å². The number of unbranched alkanes of at least 4 members (excludes halogenated alkanes) is 4. The third kappa shape index (κ3) is 4.81. The Morgan fingerprint density at radius 2 is 2.00 bits per heavy atom. The van der Waals surface area contributed by atoms with E-state index in [0.717, 1.165) is 37.2 Å². The van der Waals surface area contributed by atoms with E-state index in [9.17, 15) is 5.11 Å². The number of hydrogen-bond donors (Lipinski definition) is 1. The first-order valence-electron chi connectivity index (χ1n) is 11.3. The molecule has 1 atom stereocenters. The Hall–Kier alpha value is -1.92. The van der Waals surface area contributed by atoms with Crippen molar-refractivity contribution in [3.63, 3.8) is 0 Å². The third-order valence-electron chi connectivity index (χ3n) is 6.55. The predicted octanol–water partition coefficient (Wildman–Crippen LogP) is 6.12. The second-order valence-corrected chi connectivity index (χ2v) is 9.25. The van der Waals surface area contributed by atoms with Gasteiger partial charge in [-0.05, 0) is 61.4 Å². The lowest BCUT2D eigenvalue weighted by Crippen LogP contribution is -2.42. The lowest BCUT2D eigenvalue weighted by Gasteiger charge is -2.42. The Labute approximate surface area is 177 Å². The molecule has 3 rings (SSSR count). The SMILES string of the molecule is C#CCN1CCC2=C(C1)c1c(O)cc(C(C)CCCCCCC)cc1OC2(C)C. The van der Waals surface area contributed by atoms with E-state index in [0.29, 0.717) is 18.2 Å². The minimum Gasteiger partial charge on any atom is -0.507 e. The number of terminal acetylenes is 1. The van der Waals surface area contributed by atoms with Crippen molar-refractivity contribution in [1.82, 2.24) is 4.90 Å². The molecular formula is C26H37NO2. The predicted molar refractivity (Wildman–Crippen MR) is 121 cm³/mol. The zero-order valence-corrected chi connectivity index (χ0v) is 18.7. The first kappa shape index (κ1) is 21.8. The number of nitrogens with zero attached hydrogens (tertiary/aromatic N) is 1. The molecule has 0 radical (unpaired) electrons. The number of phenolic OH excluding ortho intramolecular Hbond substituents is 1. The number of ether oxygens (including phenoxy) is 1. The van der Waals surface area contributed by atoms with Crippen LogP contribution in [0.2, 0.25) is 0 Å². The Morgan fingerprint density at radius 3 is 2.72 bits per heavy atom. The monoisotopic (exact) mass is 395 g/mol. The largest absolute Gasteiger partial charge is 0.507 e. The first-order chi connectivity index (χ1) is 13.9. The topological polar surface area (TPSA) is 32.7 Å². The Morgan fingerprint density at radius 1 is 1.24 bits per heavy atom. The molecule has 0 aromatic heterocycles. The highest BCUT2D eigenvalue weighted by molar-refractivity contribution is 5.82. The third-order valence-corrected chi connectivity index (χ3v) is 6.55. The van der Waals surface area contributed by atoms with E-state index in [1.54, 1.807) is 0 Å². The van der Waals surface area contributed by atoms with Crippen LogP contribution in [0.5, 0.6) is 11.5 Å². The van der Waals surface area contributed by atoms with Crippen LogP contribution in [-0.2, 0) is 0 Å². The standard InChI is InChI=1S/C26H37NO2/c1-6-8-9-10-11-12-19(3)20-16-23(28)25-21-18-27(14-7-2)15-13-22(21)26(4,5)29-24(25)17-20/h2,16-17,19,28H,6,8-15,18H2,1,3-5H3. The first-order valence-corrected chi connectivity index (χ1v) is 11.3. The van der Waals surface area contributed by atoms with Crippen molar-refractivity contribution in [2.24, 2.45) is 0 Å². The van der Waals surface area contributed by atoms with E-state index in [-0.39, 0.29) is 5.60 Å². The Kier molecular flexibility index (Phi) is 6.96. The van der Waals surface area contributed by atoms with Crippen LogP contribution >= 0.6 is 0 Å². The van der Waals surface area contributed by atoms with Gasteiger partial charge in [-0.25, -0.2) is 0 Å². The van der Waals surface area contributed by atoms with Crippen LogP contribution < -0.4 is 4.74 Å². The van der Waals surface area contributed by atoms with Gasteiger partial charge in [-0.1, -0.05) is 51.9 Å². The summed E-state index contributed by atoms with van der Waals surface area (Å²) in [5.74, 6) is 4.35. The average Bonchev–Trinajstić information content (AvgIpc) is 2.66. The van der Waals surface area contributed by atoms with E-state index in [4.69, 9.17) is 11.2 Å². The molecule has 1 unspecified atom stereocenters. The maximum Gasteiger partial charge on any atom is 0.132 e. The van der Waals surface area contributed by atoms with E-state index in [1.807, 2.05) is 6.07 Å². The Balaban J connectivity index is 1.84. The average molecular weight is 396 g/mol. The molecule has 0 aliphatic carbocycles. The van der Waals surface area contributed by atoms with Crippen molar-refractivity contribution < 1.29 is 9.84 Å². The van der Waals surface area contributed by atoms with Crippen LogP contribution in [0.1, 0.15) is 89.7 Å². The minimum absolute atomic E-state index is 0.348. The summed E-state index contributed by atoms with van der Waals surface area (Å²) < 4.78 is 6.44. The quantitative estimate of drug-likeness (QED) is 0.425. The van der Waals surface area contributed by atoms with Crippen molar-refractivity contribution in [2.75, 3.05) is 19.6 Å². The highest BCUT2D eigenvalue weighted by atomic mass is 16.5. The molecule has 1 aromatic carbocycles. The molecular weight excluding hydrogens is 358 g/mol. The smallest absolute Gasteiger partial charge is 0.132 e.